The molecule has 0 radical (unpaired) electrons. The number of phenolic OH excluding ortho intramolecular Hbond substituents is 2. The summed E-state index contributed by atoms with van der Waals surface area (Å²) in [5.41, 5.74) is 6.62. The zero-order valence-corrected chi connectivity index (χ0v) is 17.9. The molecule has 8 N–H and O–H groups in total. The predicted molar refractivity (Wildman–Crippen MR) is 124 cm³/mol. The van der Waals surface area contributed by atoms with E-state index in [0.29, 0.717) is 16.6 Å². The van der Waals surface area contributed by atoms with E-state index >= 15 is 0 Å². The summed E-state index contributed by atoms with van der Waals surface area (Å²) in [5, 5.41) is 47.9. The van der Waals surface area contributed by atoms with Crippen LogP contribution in [0.25, 0.3) is 33.5 Å². The highest BCUT2D eigenvalue weighted by molar-refractivity contribution is 5.98. The minimum atomic E-state index is -1.50. The van der Waals surface area contributed by atoms with Crippen molar-refractivity contribution in [3.8, 4) is 34.0 Å². The van der Waals surface area contributed by atoms with Crippen LogP contribution in [0.1, 0.15) is 23.5 Å². The molecule has 0 saturated heterocycles. The van der Waals surface area contributed by atoms with E-state index in [9.17, 15) is 34.4 Å². The standard InChI is InChI=1S/C24H19FN4O6/c25-12-2-4-19(30)14(8-12)15-5-11(13(24(34)35)9-20(31)32)6-16(21(15)33)23-28-17-3-1-10(22(26)27)7-18(17)29-23/h1-8,13,30,33H,9H2,(H3,26,27)(H,28,29)(H,31,32)(H,34,35). The lowest BCUT2D eigenvalue weighted by Crippen LogP contribution is -2.16. The number of aromatic hydroxyl groups is 2. The summed E-state index contributed by atoms with van der Waals surface area (Å²) in [7, 11) is 0. The molecule has 0 bridgehead atoms. The first-order chi connectivity index (χ1) is 16.5. The zero-order valence-electron chi connectivity index (χ0n) is 17.9. The van der Waals surface area contributed by atoms with Crippen LogP contribution < -0.4 is 5.73 Å². The van der Waals surface area contributed by atoms with Crippen LogP contribution in [0, 0.1) is 11.2 Å². The quantitative estimate of drug-likeness (QED) is 0.155. The highest BCUT2D eigenvalue weighted by atomic mass is 19.1. The number of nitrogens with zero attached hydrogens (tertiary/aromatic N) is 1. The molecule has 0 fully saturated rings. The third kappa shape index (κ3) is 4.47. The van der Waals surface area contributed by atoms with Gasteiger partial charge in [-0.3, -0.25) is 15.0 Å². The molecule has 4 rings (SSSR count). The van der Waals surface area contributed by atoms with Gasteiger partial charge in [-0.1, -0.05) is 0 Å². The van der Waals surface area contributed by atoms with E-state index in [1.807, 2.05) is 0 Å². The number of carboxylic acid groups (broad SMARTS) is 2. The van der Waals surface area contributed by atoms with Crippen LogP contribution in [-0.4, -0.2) is 48.2 Å². The monoisotopic (exact) mass is 478 g/mol. The van der Waals surface area contributed by atoms with Crippen LogP contribution >= 0.6 is 0 Å². The molecular weight excluding hydrogens is 459 g/mol. The number of H-pyrrole nitrogens is 1. The topological polar surface area (TPSA) is 194 Å². The van der Waals surface area contributed by atoms with E-state index in [0.717, 1.165) is 18.2 Å². The molecule has 4 aromatic rings. The molecule has 1 atom stereocenters. The number of aliphatic carboxylic acids is 2. The van der Waals surface area contributed by atoms with E-state index in [2.05, 4.69) is 9.97 Å². The van der Waals surface area contributed by atoms with Crippen LogP contribution in [0.3, 0.4) is 0 Å². The highest BCUT2D eigenvalue weighted by Gasteiger charge is 2.27. The molecule has 0 aliphatic heterocycles. The number of phenols is 2. The lowest BCUT2D eigenvalue weighted by atomic mass is 9.89. The molecule has 3 aromatic carbocycles. The first-order valence-electron chi connectivity index (χ1n) is 10.2. The van der Waals surface area contributed by atoms with Gasteiger partial charge in [-0.2, -0.15) is 0 Å². The Bertz CT molecular complexity index is 1510. The maximum absolute atomic E-state index is 14.0. The van der Waals surface area contributed by atoms with Gasteiger partial charge in [-0.05, 0) is 54.1 Å². The number of halogens is 1. The van der Waals surface area contributed by atoms with E-state index in [-0.39, 0.29) is 39.7 Å². The second kappa shape index (κ2) is 8.78. The molecule has 1 heterocycles. The normalized spacial score (nSPS) is 11.9. The predicted octanol–water partition coefficient (Wildman–Crippen LogP) is 3.37. The molecule has 10 nitrogen and oxygen atoms in total. The summed E-state index contributed by atoms with van der Waals surface area (Å²) in [6.45, 7) is 0. The zero-order chi connectivity index (χ0) is 25.4. The summed E-state index contributed by atoms with van der Waals surface area (Å²) in [6, 6.07) is 10.3. The number of fused-ring (bicyclic) bond motifs is 1. The molecule has 0 spiro atoms. The number of aromatic amines is 1. The Balaban J connectivity index is 2.00. The highest BCUT2D eigenvalue weighted by Crippen LogP contribution is 2.43. The van der Waals surface area contributed by atoms with Gasteiger partial charge >= 0.3 is 11.9 Å². The summed E-state index contributed by atoms with van der Waals surface area (Å²) < 4.78 is 14.0. The molecule has 178 valence electrons. The number of imidazole rings is 1. The molecular formula is C24H19FN4O6. The van der Waals surface area contributed by atoms with Gasteiger partial charge in [0.25, 0.3) is 0 Å². The second-order valence-electron chi connectivity index (χ2n) is 7.85. The van der Waals surface area contributed by atoms with Gasteiger partial charge in [-0.15, -0.1) is 0 Å². The van der Waals surface area contributed by atoms with E-state index in [1.165, 1.54) is 12.1 Å². The fourth-order valence-corrected chi connectivity index (χ4v) is 3.79. The first kappa shape index (κ1) is 23.2. The van der Waals surface area contributed by atoms with Gasteiger partial charge in [0.15, 0.2) is 0 Å². The van der Waals surface area contributed by atoms with Crippen molar-refractivity contribution in [3.05, 3.63) is 65.5 Å². The lowest BCUT2D eigenvalue weighted by Gasteiger charge is -2.17. The van der Waals surface area contributed by atoms with Crippen LogP contribution in [0.2, 0.25) is 0 Å². The molecule has 0 aliphatic carbocycles. The van der Waals surface area contributed by atoms with Crippen LogP contribution in [0.4, 0.5) is 4.39 Å². The molecule has 1 unspecified atom stereocenters. The van der Waals surface area contributed by atoms with Gasteiger partial charge in [0.1, 0.15) is 29.0 Å². The minimum Gasteiger partial charge on any atom is -0.507 e. The first-order valence-corrected chi connectivity index (χ1v) is 10.2. The minimum absolute atomic E-state index is 0.00150. The van der Waals surface area contributed by atoms with Crippen molar-refractivity contribution in [2.24, 2.45) is 5.73 Å². The molecule has 35 heavy (non-hydrogen) atoms. The number of nitrogens with two attached hydrogens (primary N) is 1. The van der Waals surface area contributed by atoms with Gasteiger partial charge < -0.3 is 31.1 Å². The summed E-state index contributed by atoms with van der Waals surface area (Å²) >= 11 is 0. The Morgan fingerprint density at radius 1 is 1.03 bits per heavy atom. The van der Waals surface area contributed by atoms with Crippen molar-refractivity contribution in [2.75, 3.05) is 0 Å². The Morgan fingerprint density at radius 3 is 2.40 bits per heavy atom. The van der Waals surface area contributed by atoms with Gasteiger partial charge in [0.2, 0.25) is 0 Å². The summed E-state index contributed by atoms with van der Waals surface area (Å²) in [5.74, 6) is -5.91. The van der Waals surface area contributed by atoms with Crippen LogP contribution in [0.15, 0.2) is 48.5 Å². The third-order valence-corrected chi connectivity index (χ3v) is 5.51. The number of benzene rings is 3. The van der Waals surface area contributed by atoms with Crippen molar-refractivity contribution in [1.29, 1.82) is 5.41 Å². The Kier molecular flexibility index (Phi) is 5.83. The number of hydrogen-bond donors (Lipinski definition) is 7. The molecule has 0 aliphatic rings. The molecule has 0 saturated carbocycles. The molecule has 11 heteroatoms. The maximum atomic E-state index is 14.0. The smallest absolute Gasteiger partial charge is 0.311 e. The van der Waals surface area contributed by atoms with Crippen molar-refractivity contribution in [2.45, 2.75) is 12.3 Å². The number of amidine groups is 1. The fourth-order valence-electron chi connectivity index (χ4n) is 3.79. The van der Waals surface area contributed by atoms with Crippen LogP contribution in [0.5, 0.6) is 11.5 Å². The number of hydrogen-bond acceptors (Lipinski definition) is 6. The number of carboxylic acids is 2. The largest absolute Gasteiger partial charge is 0.507 e. The maximum Gasteiger partial charge on any atom is 0.311 e. The summed E-state index contributed by atoms with van der Waals surface area (Å²) in [6.07, 6.45) is -0.754. The Morgan fingerprint density at radius 2 is 1.74 bits per heavy atom. The number of carbonyl (C=O) groups is 2. The van der Waals surface area contributed by atoms with Crippen molar-refractivity contribution < 1.29 is 34.4 Å². The fraction of sp³-hybridized carbons (Fsp3) is 0.0833. The van der Waals surface area contributed by atoms with Crippen molar-refractivity contribution >= 4 is 28.8 Å². The average Bonchev–Trinajstić information content (AvgIpc) is 3.22. The van der Waals surface area contributed by atoms with Crippen LogP contribution in [-0.2, 0) is 9.59 Å². The van der Waals surface area contributed by atoms with E-state index in [1.54, 1.807) is 18.2 Å². The lowest BCUT2D eigenvalue weighted by molar-refractivity contribution is -0.145. The molecule has 1 aromatic heterocycles. The Hall–Kier alpha value is -4.93. The number of nitrogens with one attached hydrogen (secondary N) is 2. The second-order valence-corrected chi connectivity index (χ2v) is 7.85. The SMILES string of the molecule is N=C(N)c1ccc2nc(-c3cc(C(CC(=O)O)C(=O)O)cc(-c4cc(F)ccc4O)c3O)[nH]c2c1. The van der Waals surface area contributed by atoms with Gasteiger partial charge in [-0.25, -0.2) is 9.37 Å². The van der Waals surface area contributed by atoms with Gasteiger partial charge in [0.05, 0.1) is 28.9 Å². The molecule has 0 amide bonds. The third-order valence-electron chi connectivity index (χ3n) is 5.51. The average molecular weight is 478 g/mol. The number of nitrogen functional groups attached to an aromatic ring is 1. The Labute approximate surface area is 196 Å². The summed E-state index contributed by atoms with van der Waals surface area (Å²) in [4.78, 5) is 30.6. The van der Waals surface area contributed by atoms with E-state index < -0.39 is 35.8 Å². The van der Waals surface area contributed by atoms with E-state index in [4.69, 9.17) is 11.1 Å². The van der Waals surface area contributed by atoms with Crippen molar-refractivity contribution in [3.63, 3.8) is 0 Å². The number of rotatable bonds is 7. The van der Waals surface area contributed by atoms with Gasteiger partial charge in [0, 0.05) is 16.7 Å². The number of aromatic nitrogens is 2. The van der Waals surface area contributed by atoms with Crippen molar-refractivity contribution in [1.82, 2.24) is 9.97 Å².